The van der Waals surface area contributed by atoms with Gasteiger partial charge in [0.15, 0.2) is 0 Å². The van der Waals surface area contributed by atoms with Crippen LogP contribution in [0.25, 0.3) is 22.3 Å². The van der Waals surface area contributed by atoms with Gasteiger partial charge in [-0.05, 0) is 168 Å². The van der Waals surface area contributed by atoms with Crippen molar-refractivity contribution in [1.82, 2.24) is 0 Å². The largest absolute Gasteiger partial charge is 0.334 e. The molecule has 0 N–H and O–H groups in total. The molecule has 0 fully saturated rings. The number of fused-ring (bicyclic) bond motifs is 8. The summed E-state index contributed by atoms with van der Waals surface area (Å²) in [6, 6.07) is 87.4. The predicted molar refractivity (Wildman–Crippen MR) is 364 cm³/mol. The van der Waals surface area contributed by atoms with Crippen LogP contribution in [0, 0.1) is 0 Å². The van der Waals surface area contributed by atoms with Crippen LogP contribution in [0.5, 0.6) is 0 Å². The SMILES string of the molecule is CC(C)(C)c1ccc2c(c1)B1c3cc(C(C)(C)C)ccc3N(c3ccc(C(C)(C)C)cc3-c3ccccc3)c3cc(N4c5ccccc5C5(c6ccccc6)Cc6ccccc6CC45C)cc(c31)N2c1ccc(C(C)(C)C)cc1-c1ccccc1. The van der Waals surface area contributed by atoms with Gasteiger partial charge in [-0.2, -0.15) is 0 Å². The lowest BCUT2D eigenvalue weighted by atomic mass is 9.33. The molecule has 0 saturated carbocycles. The lowest BCUT2D eigenvalue weighted by Gasteiger charge is -2.53. The molecule has 4 heteroatoms. The Hall–Kier alpha value is -8.34. The summed E-state index contributed by atoms with van der Waals surface area (Å²) in [5, 5.41) is 0. The van der Waals surface area contributed by atoms with E-state index in [4.69, 9.17) is 0 Å². The van der Waals surface area contributed by atoms with Gasteiger partial charge in [0.2, 0.25) is 0 Å². The zero-order valence-electron chi connectivity index (χ0n) is 52.2. The first kappa shape index (κ1) is 54.6. The molecule has 3 aliphatic heterocycles. The number of hydrogen-bond acceptors (Lipinski definition) is 3. The second kappa shape index (κ2) is 19.3. The van der Waals surface area contributed by atoms with Gasteiger partial charge in [0, 0.05) is 50.7 Å². The molecule has 4 aliphatic rings. The fraction of sp³-hybridized carbons (Fsp3) is 0.259. The molecule has 10 aromatic carbocycles. The molecule has 0 bridgehead atoms. The van der Waals surface area contributed by atoms with Crippen molar-refractivity contribution in [3.05, 3.63) is 269 Å². The second-order valence-electron chi connectivity index (χ2n) is 29.3. The molecular formula is C81H80BN3. The Morgan fingerprint density at radius 3 is 1.20 bits per heavy atom. The lowest BCUT2D eigenvalue weighted by molar-refractivity contribution is 0.281. The van der Waals surface area contributed by atoms with E-state index < -0.39 is 5.54 Å². The number of anilines is 8. The van der Waals surface area contributed by atoms with Gasteiger partial charge < -0.3 is 14.7 Å². The van der Waals surface area contributed by atoms with Crippen LogP contribution in [0.1, 0.15) is 135 Å². The molecule has 0 saturated heterocycles. The van der Waals surface area contributed by atoms with Crippen LogP contribution in [-0.4, -0.2) is 12.3 Å². The highest BCUT2D eigenvalue weighted by molar-refractivity contribution is 7.00. The number of para-hydroxylation sites is 1. The summed E-state index contributed by atoms with van der Waals surface area (Å²) < 4.78 is 0. The molecule has 3 heterocycles. The van der Waals surface area contributed by atoms with Crippen LogP contribution >= 0.6 is 0 Å². The first-order chi connectivity index (χ1) is 40.5. The van der Waals surface area contributed by atoms with Gasteiger partial charge in [-0.25, -0.2) is 0 Å². The van der Waals surface area contributed by atoms with Gasteiger partial charge in [0.1, 0.15) is 0 Å². The maximum Gasteiger partial charge on any atom is 0.252 e. The first-order valence-electron chi connectivity index (χ1n) is 31.0. The molecule has 1 aliphatic carbocycles. The molecule has 0 radical (unpaired) electrons. The Balaban J connectivity index is 1.16. The van der Waals surface area contributed by atoms with Crippen molar-refractivity contribution >= 4 is 68.6 Å². The smallest absolute Gasteiger partial charge is 0.252 e. The summed E-state index contributed by atoms with van der Waals surface area (Å²) in [6.07, 6.45) is 1.76. The molecule has 14 rings (SSSR count). The highest BCUT2D eigenvalue weighted by Gasteiger charge is 2.62. The summed E-state index contributed by atoms with van der Waals surface area (Å²) in [6.45, 7) is 30.8. The summed E-state index contributed by atoms with van der Waals surface area (Å²) in [4.78, 5) is 8.20. The Morgan fingerprint density at radius 1 is 0.353 bits per heavy atom. The Kier molecular flexibility index (Phi) is 12.4. The first-order valence-corrected chi connectivity index (χ1v) is 31.0. The third kappa shape index (κ3) is 8.59. The Labute approximate surface area is 507 Å². The maximum absolute atomic E-state index is 2.81. The fourth-order valence-corrected chi connectivity index (χ4v) is 15.2. The van der Waals surface area contributed by atoms with Gasteiger partial charge in [-0.1, -0.05) is 253 Å². The molecule has 0 amide bonds. The Morgan fingerprint density at radius 2 is 0.741 bits per heavy atom. The van der Waals surface area contributed by atoms with Crippen molar-refractivity contribution in [1.29, 1.82) is 0 Å². The number of rotatable bonds is 6. The summed E-state index contributed by atoms with van der Waals surface area (Å²) in [5.41, 5.74) is 28.1. The van der Waals surface area contributed by atoms with Crippen molar-refractivity contribution in [3.8, 4) is 22.3 Å². The maximum atomic E-state index is 2.81. The minimum Gasteiger partial charge on any atom is -0.334 e. The van der Waals surface area contributed by atoms with Gasteiger partial charge in [-0.15, -0.1) is 0 Å². The minimum absolute atomic E-state index is 0.0793. The van der Waals surface area contributed by atoms with Gasteiger partial charge in [0.25, 0.3) is 6.71 Å². The van der Waals surface area contributed by atoms with Crippen LogP contribution < -0.4 is 31.1 Å². The van der Waals surface area contributed by atoms with Crippen LogP contribution in [0.4, 0.5) is 45.5 Å². The standard InChI is InChI=1S/C81H80BN3/c1-76(2,3)58-37-41-68(63(45-58)53-27-17-14-18-28-53)83-71-43-39-60(78(7,8)9)47-66(71)82-67-48-61(79(10,11)12)40-44-72(67)84(69-42-38-59(77(4,5)6)46-64(69)54-29-19-15-20-30-54)74-50-62(49-73(83)75(74)82)85-70-36-26-25-35-65(70)81(57-33-21-16-22-34-57)52-56-32-24-23-31-55(56)51-80(81,85)13/h14-50H,51-52H2,1-13H3. The van der Waals surface area contributed by atoms with Crippen molar-refractivity contribution in [2.45, 2.75) is 135 Å². The molecule has 2 atom stereocenters. The van der Waals surface area contributed by atoms with E-state index in [1.807, 2.05) is 0 Å². The van der Waals surface area contributed by atoms with Crippen molar-refractivity contribution in [2.24, 2.45) is 0 Å². The topological polar surface area (TPSA) is 9.72 Å². The molecule has 3 nitrogen and oxygen atoms in total. The second-order valence-corrected chi connectivity index (χ2v) is 29.3. The minimum atomic E-state index is -0.447. The predicted octanol–water partition coefficient (Wildman–Crippen LogP) is 19.3. The van der Waals surface area contributed by atoms with Crippen molar-refractivity contribution in [2.75, 3.05) is 14.7 Å². The molecule has 10 aromatic rings. The quantitative estimate of drug-likeness (QED) is 0.154. The van der Waals surface area contributed by atoms with Gasteiger partial charge in [-0.3, -0.25) is 0 Å². The van der Waals surface area contributed by atoms with Crippen molar-refractivity contribution < 1.29 is 0 Å². The Bertz CT molecular complexity index is 4070. The summed E-state index contributed by atoms with van der Waals surface area (Å²) >= 11 is 0. The molecule has 0 spiro atoms. The summed E-state index contributed by atoms with van der Waals surface area (Å²) in [7, 11) is 0. The van der Waals surface area contributed by atoms with Crippen LogP contribution in [0.3, 0.4) is 0 Å². The summed E-state index contributed by atoms with van der Waals surface area (Å²) in [5.74, 6) is 0. The van der Waals surface area contributed by atoms with E-state index in [0.717, 1.165) is 12.8 Å². The highest BCUT2D eigenvalue weighted by atomic mass is 15.3. The third-order valence-corrected chi connectivity index (χ3v) is 19.8. The fourth-order valence-electron chi connectivity index (χ4n) is 15.2. The van der Waals surface area contributed by atoms with E-state index in [9.17, 15) is 0 Å². The van der Waals surface area contributed by atoms with Crippen LogP contribution in [0.2, 0.25) is 0 Å². The number of benzene rings is 10. The van der Waals surface area contributed by atoms with E-state index in [1.165, 1.54) is 129 Å². The molecule has 0 aromatic heterocycles. The van der Waals surface area contributed by atoms with Crippen molar-refractivity contribution in [3.63, 3.8) is 0 Å². The van der Waals surface area contributed by atoms with Crippen LogP contribution in [-0.2, 0) is 39.9 Å². The molecule has 85 heavy (non-hydrogen) atoms. The van der Waals surface area contributed by atoms with Gasteiger partial charge in [0.05, 0.1) is 16.9 Å². The molecular weight excluding hydrogens is 1030 g/mol. The van der Waals surface area contributed by atoms with E-state index in [2.05, 4.69) is 329 Å². The average Bonchev–Trinajstić information content (AvgIpc) is 1.64. The zero-order chi connectivity index (χ0) is 59.2. The lowest BCUT2D eigenvalue weighted by Crippen LogP contribution is -2.62. The van der Waals surface area contributed by atoms with E-state index in [1.54, 1.807) is 0 Å². The number of hydrogen-bond donors (Lipinski definition) is 0. The molecule has 422 valence electrons. The number of nitrogens with zero attached hydrogens (tertiary/aromatic N) is 3. The normalized spacial score (nSPS) is 17.8. The highest BCUT2D eigenvalue weighted by Crippen LogP contribution is 2.63. The van der Waals surface area contributed by atoms with E-state index in [0.29, 0.717) is 0 Å². The average molecular weight is 1110 g/mol. The third-order valence-electron chi connectivity index (χ3n) is 19.8. The van der Waals surface area contributed by atoms with Crippen LogP contribution in [0.15, 0.2) is 224 Å². The zero-order valence-corrected chi connectivity index (χ0v) is 52.2. The van der Waals surface area contributed by atoms with E-state index >= 15 is 0 Å². The molecule has 2 unspecified atom stereocenters. The monoisotopic (exact) mass is 1110 g/mol. The van der Waals surface area contributed by atoms with E-state index in [-0.39, 0.29) is 33.8 Å². The van der Waals surface area contributed by atoms with Gasteiger partial charge >= 0.3 is 0 Å².